The van der Waals surface area contributed by atoms with E-state index in [4.69, 9.17) is 17.3 Å². The molecule has 0 spiro atoms. The summed E-state index contributed by atoms with van der Waals surface area (Å²) in [5.74, 6) is 0.658. The topological polar surface area (TPSA) is 42.2 Å². The third-order valence-electron chi connectivity index (χ3n) is 3.66. The summed E-state index contributed by atoms with van der Waals surface area (Å²) in [6, 6.07) is 0.632. The van der Waals surface area contributed by atoms with Gasteiger partial charge in [-0.2, -0.15) is 0 Å². The highest BCUT2D eigenvalue weighted by atomic mass is 35.5. The molecule has 3 nitrogen and oxygen atoms in total. The third-order valence-corrected chi connectivity index (χ3v) is 4.76. The van der Waals surface area contributed by atoms with Crippen LogP contribution in [0.3, 0.4) is 0 Å². The number of nitrogens with zero attached hydrogens (tertiary/aromatic N) is 2. The minimum Gasteiger partial charge on any atom is -0.330 e. The Morgan fingerprint density at radius 2 is 2.41 bits per heavy atom. The van der Waals surface area contributed by atoms with Crippen LogP contribution in [0.4, 0.5) is 0 Å². The Morgan fingerprint density at radius 1 is 1.59 bits per heavy atom. The molecule has 1 fully saturated rings. The normalized spacial score (nSPS) is 24.7. The number of hydrogen-bond acceptors (Lipinski definition) is 4. The van der Waals surface area contributed by atoms with Crippen molar-refractivity contribution < 1.29 is 0 Å². The number of aromatic nitrogens is 1. The van der Waals surface area contributed by atoms with Gasteiger partial charge < -0.3 is 5.73 Å². The van der Waals surface area contributed by atoms with E-state index >= 15 is 0 Å². The van der Waals surface area contributed by atoms with Gasteiger partial charge in [0.15, 0.2) is 0 Å². The van der Waals surface area contributed by atoms with Crippen molar-refractivity contribution in [1.82, 2.24) is 9.88 Å². The highest BCUT2D eigenvalue weighted by Crippen LogP contribution is 2.31. The standard InChI is InChI=1S/C12H20ClN3S/c1-2-16(8-12-15-7-11(13)17-12)10-5-3-4-9(10)6-14/h7,9-10H,2-6,8,14H2,1H3. The molecule has 1 heterocycles. The third kappa shape index (κ3) is 3.19. The highest BCUT2D eigenvalue weighted by molar-refractivity contribution is 7.15. The summed E-state index contributed by atoms with van der Waals surface area (Å²) in [4.78, 5) is 6.84. The molecule has 0 amide bonds. The van der Waals surface area contributed by atoms with Crippen molar-refractivity contribution in [2.75, 3.05) is 13.1 Å². The molecule has 1 aromatic heterocycles. The van der Waals surface area contributed by atoms with Gasteiger partial charge in [0.1, 0.15) is 9.34 Å². The van der Waals surface area contributed by atoms with Gasteiger partial charge in [-0.25, -0.2) is 4.98 Å². The van der Waals surface area contributed by atoms with Gasteiger partial charge in [0.2, 0.25) is 0 Å². The molecule has 2 N–H and O–H groups in total. The quantitative estimate of drug-likeness (QED) is 0.897. The zero-order valence-electron chi connectivity index (χ0n) is 10.2. The number of thiazole rings is 1. The molecular weight excluding hydrogens is 254 g/mol. The molecule has 96 valence electrons. The van der Waals surface area contributed by atoms with Crippen molar-refractivity contribution in [2.45, 2.75) is 38.8 Å². The van der Waals surface area contributed by atoms with Crippen LogP contribution in [-0.4, -0.2) is 29.0 Å². The van der Waals surface area contributed by atoms with E-state index in [1.165, 1.54) is 19.3 Å². The molecule has 2 rings (SSSR count). The lowest BCUT2D eigenvalue weighted by Crippen LogP contribution is -2.39. The summed E-state index contributed by atoms with van der Waals surface area (Å²) in [7, 11) is 0. The maximum atomic E-state index is 5.92. The van der Waals surface area contributed by atoms with E-state index < -0.39 is 0 Å². The summed E-state index contributed by atoms with van der Waals surface area (Å²) in [5.41, 5.74) is 5.85. The fourth-order valence-electron chi connectivity index (χ4n) is 2.77. The summed E-state index contributed by atoms with van der Waals surface area (Å²) in [5, 5.41) is 1.11. The number of hydrogen-bond donors (Lipinski definition) is 1. The first-order valence-corrected chi connectivity index (χ1v) is 7.48. The smallest absolute Gasteiger partial charge is 0.113 e. The van der Waals surface area contributed by atoms with E-state index in [-0.39, 0.29) is 0 Å². The number of nitrogens with two attached hydrogens (primary N) is 1. The first-order chi connectivity index (χ1) is 8.24. The maximum absolute atomic E-state index is 5.92. The summed E-state index contributed by atoms with van der Waals surface area (Å²) >= 11 is 7.50. The van der Waals surface area contributed by atoms with Gasteiger partial charge in [0, 0.05) is 6.04 Å². The molecule has 1 aliphatic carbocycles. The van der Waals surface area contributed by atoms with E-state index in [0.717, 1.165) is 29.0 Å². The average molecular weight is 274 g/mol. The molecule has 17 heavy (non-hydrogen) atoms. The lowest BCUT2D eigenvalue weighted by molar-refractivity contribution is 0.162. The summed E-state index contributed by atoms with van der Waals surface area (Å²) in [6.07, 6.45) is 5.59. The molecule has 1 saturated carbocycles. The molecule has 2 unspecified atom stereocenters. The van der Waals surface area contributed by atoms with Crippen LogP contribution in [0.1, 0.15) is 31.2 Å². The van der Waals surface area contributed by atoms with Crippen LogP contribution in [0.25, 0.3) is 0 Å². The first kappa shape index (κ1) is 13.3. The largest absolute Gasteiger partial charge is 0.330 e. The van der Waals surface area contributed by atoms with Crippen LogP contribution in [0.5, 0.6) is 0 Å². The van der Waals surface area contributed by atoms with E-state index in [1.54, 1.807) is 17.5 Å². The zero-order valence-corrected chi connectivity index (χ0v) is 11.8. The van der Waals surface area contributed by atoms with Gasteiger partial charge in [0.25, 0.3) is 0 Å². The molecule has 0 aliphatic heterocycles. The Balaban J connectivity index is 2.00. The van der Waals surface area contributed by atoms with Crippen LogP contribution in [0.15, 0.2) is 6.20 Å². The molecule has 0 saturated heterocycles. The minimum absolute atomic E-state index is 0.632. The predicted molar refractivity (Wildman–Crippen MR) is 73.4 cm³/mol. The highest BCUT2D eigenvalue weighted by Gasteiger charge is 2.30. The Morgan fingerprint density at radius 3 is 3.00 bits per heavy atom. The number of halogens is 1. The van der Waals surface area contributed by atoms with E-state index in [0.29, 0.717) is 12.0 Å². The average Bonchev–Trinajstić information content (AvgIpc) is 2.94. The monoisotopic (exact) mass is 273 g/mol. The summed E-state index contributed by atoms with van der Waals surface area (Å²) < 4.78 is 0.776. The number of rotatable bonds is 5. The lowest BCUT2D eigenvalue weighted by Gasteiger charge is -2.30. The SMILES string of the molecule is CCN(Cc1ncc(Cl)s1)C1CCCC1CN. The fraction of sp³-hybridized carbons (Fsp3) is 0.750. The van der Waals surface area contributed by atoms with Crippen LogP contribution in [-0.2, 0) is 6.54 Å². The van der Waals surface area contributed by atoms with Crippen molar-refractivity contribution in [3.8, 4) is 0 Å². The molecular formula is C12H20ClN3S. The molecule has 1 aliphatic rings. The molecule has 0 bridgehead atoms. The second-order valence-corrected chi connectivity index (χ2v) is 6.36. The van der Waals surface area contributed by atoms with Crippen molar-refractivity contribution in [2.24, 2.45) is 11.7 Å². The fourth-order valence-corrected chi connectivity index (χ4v) is 3.75. The van der Waals surface area contributed by atoms with Gasteiger partial charge >= 0.3 is 0 Å². The Bertz CT molecular complexity index is 355. The molecule has 5 heteroatoms. The maximum Gasteiger partial charge on any atom is 0.113 e. The van der Waals surface area contributed by atoms with Crippen molar-refractivity contribution >= 4 is 22.9 Å². The van der Waals surface area contributed by atoms with Crippen LogP contribution >= 0.6 is 22.9 Å². The van der Waals surface area contributed by atoms with E-state index in [1.807, 2.05) is 0 Å². The van der Waals surface area contributed by atoms with Gasteiger partial charge in [-0.05, 0) is 31.8 Å². The van der Waals surface area contributed by atoms with Gasteiger partial charge in [-0.3, -0.25) is 4.90 Å². The van der Waals surface area contributed by atoms with Gasteiger partial charge in [0.05, 0.1) is 12.7 Å². The molecule has 0 aromatic carbocycles. The molecule has 2 atom stereocenters. The van der Waals surface area contributed by atoms with Gasteiger partial charge in [-0.15, -0.1) is 11.3 Å². The van der Waals surface area contributed by atoms with Crippen molar-refractivity contribution in [3.05, 3.63) is 15.5 Å². The lowest BCUT2D eigenvalue weighted by atomic mass is 10.0. The van der Waals surface area contributed by atoms with Crippen molar-refractivity contribution in [3.63, 3.8) is 0 Å². The van der Waals surface area contributed by atoms with Crippen LogP contribution in [0.2, 0.25) is 4.34 Å². The van der Waals surface area contributed by atoms with Gasteiger partial charge in [-0.1, -0.05) is 24.9 Å². The van der Waals surface area contributed by atoms with Crippen LogP contribution < -0.4 is 5.73 Å². The Hall–Kier alpha value is -0.160. The minimum atomic E-state index is 0.632. The Kier molecular flexibility index (Phi) is 4.79. The zero-order chi connectivity index (χ0) is 12.3. The summed E-state index contributed by atoms with van der Waals surface area (Å²) in [6.45, 7) is 4.98. The Labute approximate surface area is 112 Å². The van der Waals surface area contributed by atoms with Crippen LogP contribution in [0, 0.1) is 5.92 Å². The second-order valence-electron chi connectivity index (χ2n) is 4.62. The van der Waals surface area contributed by atoms with Crippen molar-refractivity contribution in [1.29, 1.82) is 0 Å². The van der Waals surface area contributed by atoms with E-state index in [9.17, 15) is 0 Å². The molecule has 1 aromatic rings. The molecule has 0 radical (unpaired) electrons. The predicted octanol–water partition coefficient (Wildman–Crippen LogP) is 2.75. The second kappa shape index (κ2) is 6.14. The first-order valence-electron chi connectivity index (χ1n) is 6.29. The van der Waals surface area contributed by atoms with E-state index in [2.05, 4.69) is 16.8 Å².